The van der Waals surface area contributed by atoms with Crippen LogP contribution in [-0.4, -0.2) is 50.8 Å². The summed E-state index contributed by atoms with van der Waals surface area (Å²) in [5.41, 5.74) is 0.414. The summed E-state index contributed by atoms with van der Waals surface area (Å²) < 4.78 is 31.9. The Morgan fingerprint density at radius 2 is 2.14 bits per heavy atom. The number of ether oxygens (including phenoxy) is 1. The number of carbonyl (C=O) groups is 1. The van der Waals surface area contributed by atoms with Gasteiger partial charge in [-0.2, -0.15) is 0 Å². The molecule has 9 heteroatoms. The fraction of sp³-hybridized carbons (Fsp3) is 0.579. The van der Waals surface area contributed by atoms with Crippen molar-refractivity contribution < 1.29 is 18.3 Å². The van der Waals surface area contributed by atoms with Crippen molar-refractivity contribution in [2.45, 2.75) is 39.2 Å². The summed E-state index contributed by atoms with van der Waals surface area (Å²) in [5.74, 6) is -0.657. The average molecular weight is 510 g/mol. The van der Waals surface area contributed by atoms with Crippen molar-refractivity contribution in [3.63, 3.8) is 0 Å². The zero-order valence-electron chi connectivity index (χ0n) is 16.3. The predicted octanol–water partition coefficient (Wildman–Crippen LogP) is 3.06. The minimum Gasteiger partial charge on any atom is -0.466 e. The third kappa shape index (κ3) is 7.76. The van der Waals surface area contributed by atoms with Crippen LogP contribution in [0.15, 0.2) is 23.2 Å². The molecule has 0 aliphatic carbocycles. The van der Waals surface area contributed by atoms with Gasteiger partial charge in [0.05, 0.1) is 12.3 Å². The fourth-order valence-electron chi connectivity index (χ4n) is 3.00. The lowest BCUT2D eigenvalue weighted by atomic mass is 10.2. The highest BCUT2D eigenvalue weighted by Gasteiger charge is 2.25. The Labute approximate surface area is 182 Å². The molecule has 0 spiro atoms. The number of halogens is 3. The van der Waals surface area contributed by atoms with Crippen LogP contribution < -0.4 is 15.5 Å². The minimum absolute atomic E-state index is 0. The lowest BCUT2D eigenvalue weighted by Crippen LogP contribution is -2.44. The van der Waals surface area contributed by atoms with Gasteiger partial charge < -0.3 is 20.3 Å². The molecule has 0 saturated carbocycles. The van der Waals surface area contributed by atoms with Crippen molar-refractivity contribution >= 4 is 41.6 Å². The third-order valence-electron chi connectivity index (χ3n) is 4.24. The molecule has 1 aromatic rings. The number of rotatable bonds is 8. The van der Waals surface area contributed by atoms with E-state index >= 15 is 0 Å². The van der Waals surface area contributed by atoms with E-state index in [1.54, 1.807) is 6.92 Å². The van der Waals surface area contributed by atoms with Gasteiger partial charge in [0.2, 0.25) is 0 Å². The second kappa shape index (κ2) is 12.7. The maximum atomic E-state index is 14.0. The molecule has 6 nitrogen and oxygen atoms in total. The van der Waals surface area contributed by atoms with Crippen LogP contribution in [0.5, 0.6) is 0 Å². The fourth-order valence-corrected chi connectivity index (χ4v) is 3.00. The summed E-state index contributed by atoms with van der Waals surface area (Å²) in [7, 11) is 0. The molecule has 2 N–H and O–H groups in total. The number of anilines is 1. The van der Waals surface area contributed by atoms with Gasteiger partial charge in [-0.25, -0.2) is 8.78 Å². The van der Waals surface area contributed by atoms with E-state index in [1.807, 2.05) is 11.8 Å². The molecule has 1 atom stereocenters. The maximum absolute atomic E-state index is 14.0. The van der Waals surface area contributed by atoms with Gasteiger partial charge in [0.15, 0.2) is 5.96 Å². The number of nitrogens with one attached hydrogen (secondary N) is 2. The Hall–Kier alpha value is -1.65. The zero-order valence-corrected chi connectivity index (χ0v) is 18.7. The topological polar surface area (TPSA) is 66.0 Å². The van der Waals surface area contributed by atoms with Crippen molar-refractivity contribution in [1.29, 1.82) is 0 Å². The zero-order chi connectivity index (χ0) is 19.6. The number of benzene rings is 1. The quantitative estimate of drug-likeness (QED) is 0.185. The normalized spacial score (nSPS) is 16.5. The van der Waals surface area contributed by atoms with E-state index in [2.05, 4.69) is 15.6 Å². The first-order valence-corrected chi connectivity index (χ1v) is 9.44. The molecular formula is C19H29F2IN4O2. The van der Waals surface area contributed by atoms with Gasteiger partial charge in [0.25, 0.3) is 0 Å². The highest BCUT2D eigenvalue weighted by Crippen LogP contribution is 2.24. The van der Waals surface area contributed by atoms with Gasteiger partial charge in [0.1, 0.15) is 11.6 Å². The summed E-state index contributed by atoms with van der Waals surface area (Å²) in [4.78, 5) is 17.7. The Morgan fingerprint density at radius 1 is 1.36 bits per heavy atom. The van der Waals surface area contributed by atoms with Crippen LogP contribution in [0.4, 0.5) is 14.5 Å². The van der Waals surface area contributed by atoms with E-state index in [1.165, 1.54) is 12.1 Å². The summed E-state index contributed by atoms with van der Waals surface area (Å²) in [6, 6.07) is 3.76. The summed E-state index contributed by atoms with van der Waals surface area (Å²) >= 11 is 0. The predicted molar refractivity (Wildman–Crippen MR) is 117 cm³/mol. The number of esters is 1. The Kier molecular flexibility index (Phi) is 11.1. The van der Waals surface area contributed by atoms with Crippen LogP contribution in [0.1, 0.15) is 33.1 Å². The summed E-state index contributed by atoms with van der Waals surface area (Å²) in [6.07, 6.45) is 1.79. The van der Waals surface area contributed by atoms with E-state index in [4.69, 9.17) is 4.74 Å². The van der Waals surface area contributed by atoms with Gasteiger partial charge in [-0.05, 0) is 38.8 Å². The standard InChI is InChI=1S/C19H28F2N4O2.HI/c1-3-22-19(23-10-5-6-18(26)27-4-2)24-15-9-11-25(13-15)17-8-7-14(20)12-16(17)21;/h7-8,12,15H,3-6,9-11,13H2,1-2H3,(H2,22,23,24);1H. The molecule has 0 aromatic heterocycles. The molecule has 28 heavy (non-hydrogen) atoms. The second-order valence-corrected chi connectivity index (χ2v) is 6.34. The maximum Gasteiger partial charge on any atom is 0.305 e. The van der Waals surface area contributed by atoms with Crippen molar-refractivity contribution in [1.82, 2.24) is 10.6 Å². The SMILES string of the molecule is CCNC(=NCCCC(=O)OCC)NC1CCN(c2ccc(F)cc2F)C1.I. The first kappa shape index (κ1) is 24.4. The molecule has 1 fully saturated rings. The summed E-state index contributed by atoms with van der Waals surface area (Å²) in [6.45, 7) is 6.66. The highest BCUT2D eigenvalue weighted by molar-refractivity contribution is 14.0. The Balaban J connectivity index is 0.00000392. The van der Waals surface area contributed by atoms with Gasteiger partial charge in [-0.3, -0.25) is 9.79 Å². The van der Waals surface area contributed by atoms with Crippen LogP contribution in [-0.2, 0) is 9.53 Å². The molecule has 1 heterocycles. The molecule has 1 aromatic carbocycles. The Morgan fingerprint density at radius 3 is 2.82 bits per heavy atom. The monoisotopic (exact) mass is 510 g/mol. The molecule has 0 bridgehead atoms. The molecular weight excluding hydrogens is 481 g/mol. The molecule has 1 saturated heterocycles. The third-order valence-corrected chi connectivity index (χ3v) is 4.24. The van der Waals surface area contributed by atoms with Gasteiger partial charge in [0, 0.05) is 44.7 Å². The molecule has 0 amide bonds. The Bertz CT molecular complexity index is 661. The summed E-state index contributed by atoms with van der Waals surface area (Å²) in [5, 5.41) is 6.52. The van der Waals surface area contributed by atoms with Gasteiger partial charge in [-0.1, -0.05) is 0 Å². The smallest absolute Gasteiger partial charge is 0.305 e. The number of guanidine groups is 1. The van der Waals surface area contributed by atoms with Crippen molar-refractivity contribution in [3.8, 4) is 0 Å². The van der Waals surface area contributed by atoms with Gasteiger partial charge >= 0.3 is 5.97 Å². The first-order valence-electron chi connectivity index (χ1n) is 9.44. The van der Waals surface area contributed by atoms with Crippen molar-refractivity contribution in [2.24, 2.45) is 4.99 Å². The molecule has 2 rings (SSSR count). The van der Waals surface area contributed by atoms with E-state index in [-0.39, 0.29) is 36.0 Å². The van der Waals surface area contributed by atoms with Crippen LogP contribution >= 0.6 is 24.0 Å². The number of nitrogens with zero attached hydrogens (tertiary/aromatic N) is 2. The van der Waals surface area contributed by atoms with E-state index in [0.717, 1.165) is 12.5 Å². The minimum atomic E-state index is -0.575. The van der Waals surface area contributed by atoms with Gasteiger partial charge in [-0.15, -0.1) is 24.0 Å². The van der Waals surface area contributed by atoms with Crippen LogP contribution in [0.3, 0.4) is 0 Å². The molecule has 158 valence electrons. The van der Waals surface area contributed by atoms with E-state index in [0.29, 0.717) is 57.3 Å². The van der Waals surface area contributed by atoms with Crippen LogP contribution in [0.2, 0.25) is 0 Å². The van der Waals surface area contributed by atoms with Crippen LogP contribution in [0, 0.1) is 11.6 Å². The van der Waals surface area contributed by atoms with Crippen LogP contribution in [0.25, 0.3) is 0 Å². The van der Waals surface area contributed by atoms with E-state index < -0.39 is 11.6 Å². The molecule has 1 aliphatic heterocycles. The lowest BCUT2D eigenvalue weighted by molar-refractivity contribution is -0.143. The van der Waals surface area contributed by atoms with E-state index in [9.17, 15) is 13.6 Å². The van der Waals surface area contributed by atoms with Crippen molar-refractivity contribution in [2.75, 3.05) is 37.7 Å². The highest BCUT2D eigenvalue weighted by atomic mass is 127. The second-order valence-electron chi connectivity index (χ2n) is 6.34. The molecule has 1 unspecified atom stereocenters. The lowest BCUT2D eigenvalue weighted by Gasteiger charge is -2.21. The largest absolute Gasteiger partial charge is 0.466 e. The molecule has 1 aliphatic rings. The number of carbonyl (C=O) groups excluding carboxylic acids is 1. The van der Waals surface area contributed by atoms with Crippen molar-refractivity contribution in [3.05, 3.63) is 29.8 Å². The number of hydrogen-bond donors (Lipinski definition) is 2. The number of hydrogen-bond acceptors (Lipinski definition) is 4. The first-order chi connectivity index (χ1) is 13.0. The number of aliphatic imine (C=N–C) groups is 1. The molecule has 0 radical (unpaired) electrons. The average Bonchev–Trinajstić information content (AvgIpc) is 3.07.